The lowest BCUT2D eigenvalue weighted by Gasteiger charge is -2.38. The van der Waals surface area contributed by atoms with Gasteiger partial charge >= 0.3 is 0 Å². The third-order valence-corrected chi connectivity index (χ3v) is 2.52. The Morgan fingerprint density at radius 2 is 1.75 bits per heavy atom. The molecule has 1 saturated carbocycles. The zero-order chi connectivity index (χ0) is 12.2. The van der Waals surface area contributed by atoms with Crippen LogP contribution in [0.2, 0.25) is 0 Å². The summed E-state index contributed by atoms with van der Waals surface area (Å²) in [5.41, 5.74) is -1.40. The molecule has 1 fully saturated rings. The van der Waals surface area contributed by atoms with Crippen molar-refractivity contribution in [2.45, 2.75) is 57.8 Å². The SMILES string of the molecule is CC(C)(C)ON(C=O)C1(OC=O)CCCC1. The number of nitrogens with zero attached hydrogens (tertiary/aromatic N) is 1. The maximum absolute atomic E-state index is 11.1. The fourth-order valence-electron chi connectivity index (χ4n) is 1.90. The van der Waals surface area contributed by atoms with E-state index in [9.17, 15) is 9.59 Å². The summed E-state index contributed by atoms with van der Waals surface area (Å²) in [6.07, 6.45) is 3.68. The van der Waals surface area contributed by atoms with Crippen LogP contribution in [0, 0.1) is 0 Å². The summed E-state index contributed by atoms with van der Waals surface area (Å²) in [6.45, 7) is 5.90. The zero-order valence-corrected chi connectivity index (χ0v) is 10.1. The number of ether oxygens (including phenoxy) is 1. The molecule has 16 heavy (non-hydrogen) atoms. The Labute approximate surface area is 95.6 Å². The maximum Gasteiger partial charge on any atom is 0.295 e. The van der Waals surface area contributed by atoms with Crippen molar-refractivity contribution in [2.24, 2.45) is 0 Å². The Bertz CT molecular complexity index is 253. The van der Waals surface area contributed by atoms with Crippen molar-refractivity contribution in [3.05, 3.63) is 0 Å². The Morgan fingerprint density at radius 3 is 2.12 bits per heavy atom. The van der Waals surface area contributed by atoms with Crippen LogP contribution in [0.3, 0.4) is 0 Å². The minimum absolute atomic E-state index is 0.383. The van der Waals surface area contributed by atoms with Crippen molar-refractivity contribution < 1.29 is 19.2 Å². The van der Waals surface area contributed by atoms with Gasteiger partial charge in [-0.05, 0) is 33.6 Å². The smallest absolute Gasteiger partial charge is 0.295 e. The first-order chi connectivity index (χ1) is 7.43. The van der Waals surface area contributed by atoms with E-state index in [1.165, 1.54) is 0 Å². The van der Waals surface area contributed by atoms with E-state index >= 15 is 0 Å². The summed E-state index contributed by atoms with van der Waals surface area (Å²) >= 11 is 0. The number of hydrogen-bond acceptors (Lipinski definition) is 4. The van der Waals surface area contributed by atoms with Crippen LogP contribution in [0.15, 0.2) is 0 Å². The van der Waals surface area contributed by atoms with Gasteiger partial charge in [-0.25, -0.2) is 0 Å². The molecule has 0 radical (unpaired) electrons. The van der Waals surface area contributed by atoms with Gasteiger partial charge in [-0.1, -0.05) is 0 Å². The van der Waals surface area contributed by atoms with Crippen LogP contribution >= 0.6 is 0 Å². The van der Waals surface area contributed by atoms with Gasteiger partial charge in [0.2, 0.25) is 12.1 Å². The third-order valence-electron chi connectivity index (χ3n) is 2.52. The molecule has 0 unspecified atom stereocenters. The molecule has 1 amide bonds. The van der Waals surface area contributed by atoms with Gasteiger partial charge in [0, 0.05) is 12.8 Å². The number of carbonyl (C=O) groups excluding carboxylic acids is 2. The first kappa shape index (κ1) is 13.0. The van der Waals surface area contributed by atoms with E-state index in [4.69, 9.17) is 9.57 Å². The van der Waals surface area contributed by atoms with E-state index in [1.54, 1.807) is 0 Å². The van der Waals surface area contributed by atoms with Gasteiger partial charge in [0.1, 0.15) is 0 Å². The van der Waals surface area contributed by atoms with Crippen molar-refractivity contribution in [3.8, 4) is 0 Å². The molecule has 1 aliphatic carbocycles. The standard InChI is InChI=1S/C11H19NO4/c1-10(2,3)16-12(8-13)11(15-9-14)6-4-5-7-11/h8-9H,4-7H2,1-3H3. The molecule has 0 aromatic carbocycles. The number of rotatable bonds is 5. The average Bonchev–Trinajstić information content (AvgIpc) is 2.63. The summed E-state index contributed by atoms with van der Waals surface area (Å²) in [6, 6.07) is 0. The van der Waals surface area contributed by atoms with Gasteiger partial charge in [-0.2, -0.15) is 5.06 Å². The fraction of sp³-hybridized carbons (Fsp3) is 0.818. The molecule has 1 rings (SSSR count). The summed E-state index contributed by atoms with van der Waals surface area (Å²) in [5.74, 6) is 0. The Kier molecular flexibility index (Phi) is 3.91. The maximum atomic E-state index is 11.1. The Hall–Kier alpha value is -1.10. The van der Waals surface area contributed by atoms with Gasteiger partial charge < -0.3 is 4.74 Å². The van der Waals surface area contributed by atoms with Crippen LogP contribution < -0.4 is 0 Å². The van der Waals surface area contributed by atoms with Crippen molar-refractivity contribution in [1.82, 2.24) is 5.06 Å². The lowest BCUT2D eigenvalue weighted by Crippen LogP contribution is -2.50. The molecule has 0 spiro atoms. The van der Waals surface area contributed by atoms with E-state index in [0.29, 0.717) is 25.7 Å². The molecule has 0 N–H and O–H groups in total. The van der Waals surface area contributed by atoms with E-state index < -0.39 is 11.3 Å². The molecule has 5 heteroatoms. The monoisotopic (exact) mass is 229 g/mol. The quantitative estimate of drug-likeness (QED) is 0.408. The second kappa shape index (κ2) is 4.82. The van der Waals surface area contributed by atoms with Crippen molar-refractivity contribution in [3.63, 3.8) is 0 Å². The zero-order valence-electron chi connectivity index (χ0n) is 10.1. The number of carbonyl (C=O) groups is 2. The summed E-state index contributed by atoms with van der Waals surface area (Å²) in [4.78, 5) is 27.1. The van der Waals surface area contributed by atoms with Crippen molar-refractivity contribution in [2.75, 3.05) is 0 Å². The number of hydrogen-bond donors (Lipinski definition) is 0. The molecule has 0 bridgehead atoms. The van der Waals surface area contributed by atoms with Crippen LogP contribution in [0.4, 0.5) is 0 Å². The predicted molar refractivity (Wildman–Crippen MR) is 57.1 cm³/mol. The van der Waals surface area contributed by atoms with Gasteiger partial charge in [-0.15, -0.1) is 0 Å². The molecule has 1 aliphatic rings. The highest BCUT2D eigenvalue weighted by Crippen LogP contribution is 2.36. The van der Waals surface area contributed by atoms with Gasteiger partial charge in [-0.3, -0.25) is 14.4 Å². The van der Waals surface area contributed by atoms with Crippen molar-refractivity contribution in [1.29, 1.82) is 0 Å². The van der Waals surface area contributed by atoms with Crippen LogP contribution in [-0.4, -0.2) is 29.3 Å². The Balaban J connectivity index is 2.81. The first-order valence-corrected chi connectivity index (χ1v) is 5.49. The highest BCUT2D eigenvalue weighted by atomic mass is 16.7. The minimum atomic E-state index is -0.906. The second-order valence-corrected chi connectivity index (χ2v) is 5.00. The van der Waals surface area contributed by atoms with E-state index in [-0.39, 0.29) is 0 Å². The number of amides is 1. The molecule has 0 heterocycles. The van der Waals surface area contributed by atoms with Gasteiger partial charge in [0.25, 0.3) is 6.47 Å². The number of hydroxylamine groups is 2. The molecule has 92 valence electrons. The summed E-state index contributed by atoms with van der Waals surface area (Å²) < 4.78 is 5.08. The molecule has 5 nitrogen and oxygen atoms in total. The van der Waals surface area contributed by atoms with Gasteiger partial charge in [0.15, 0.2) is 0 Å². The van der Waals surface area contributed by atoms with Gasteiger partial charge in [0.05, 0.1) is 5.60 Å². The van der Waals surface area contributed by atoms with Crippen LogP contribution in [0.1, 0.15) is 46.5 Å². The predicted octanol–water partition coefficient (Wildman–Crippen LogP) is 1.62. The minimum Gasteiger partial charge on any atom is -0.439 e. The topological polar surface area (TPSA) is 55.8 Å². The molecule has 0 atom stereocenters. The molecular weight excluding hydrogens is 210 g/mol. The lowest BCUT2D eigenvalue weighted by atomic mass is 10.1. The summed E-state index contributed by atoms with van der Waals surface area (Å²) in [7, 11) is 0. The van der Waals surface area contributed by atoms with E-state index in [2.05, 4.69) is 0 Å². The van der Waals surface area contributed by atoms with E-state index in [0.717, 1.165) is 17.9 Å². The van der Waals surface area contributed by atoms with Crippen LogP contribution in [0.25, 0.3) is 0 Å². The average molecular weight is 229 g/mol. The lowest BCUT2D eigenvalue weighted by molar-refractivity contribution is -0.304. The summed E-state index contributed by atoms with van der Waals surface area (Å²) in [5, 5.41) is 1.15. The Morgan fingerprint density at radius 1 is 1.19 bits per heavy atom. The molecular formula is C11H19NO4. The molecule has 0 saturated heterocycles. The molecule has 0 aliphatic heterocycles. The fourth-order valence-corrected chi connectivity index (χ4v) is 1.90. The first-order valence-electron chi connectivity index (χ1n) is 5.49. The van der Waals surface area contributed by atoms with Crippen LogP contribution in [0.5, 0.6) is 0 Å². The highest BCUT2D eigenvalue weighted by molar-refractivity contribution is 5.48. The van der Waals surface area contributed by atoms with E-state index in [1.807, 2.05) is 20.8 Å². The highest BCUT2D eigenvalue weighted by Gasteiger charge is 2.44. The molecule has 0 aromatic rings. The third kappa shape index (κ3) is 2.95. The largest absolute Gasteiger partial charge is 0.439 e. The van der Waals surface area contributed by atoms with Crippen molar-refractivity contribution >= 4 is 12.9 Å². The molecule has 0 aromatic heterocycles. The second-order valence-electron chi connectivity index (χ2n) is 5.00. The normalized spacial score (nSPS) is 19.2. The van der Waals surface area contributed by atoms with Crippen LogP contribution in [-0.2, 0) is 19.2 Å².